The molecule has 1 aliphatic carbocycles. The summed E-state index contributed by atoms with van der Waals surface area (Å²) in [7, 11) is 0.331. The molecule has 0 bridgehead atoms. The second kappa shape index (κ2) is 13.3. The van der Waals surface area contributed by atoms with Crippen LogP contribution in [0.4, 0.5) is 4.39 Å². The van der Waals surface area contributed by atoms with Crippen LogP contribution in [0, 0.1) is 11.7 Å². The maximum Gasteiger partial charge on any atom is 0.246 e. The van der Waals surface area contributed by atoms with Gasteiger partial charge in [0.25, 0.3) is 0 Å². The van der Waals surface area contributed by atoms with Crippen LogP contribution in [0.1, 0.15) is 50.1 Å². The highest BCUT2D eigenvalue weighted by Crippen LogP contribution is 2.37. The monoisotopic (exact) mass is 599 g/mol. The molecule has 2 aromatic rings. The van der Waals surface area contributed by atoms with Crippen molar-refractivity contribution in [1.29, 1.82) is 0 Å². The molecule has 1 amide bonds. The molecule has 4 rings (SSSR count). The van der Waals surface area contributed by atoms with Gasteiger partial charge in [-0.1, -0.05) is 35.3 Å². The Morgan fingerprint density at radius 3 is 2.41 bits per heavy atom. The number of sulfonamides is 1. The van der Waals surface area contributed by atoms with Gasteiger partial charge < -0.3 is 15.0 Å². The fourth-order valence-electron chi connectivity index (χ4n) is 5.85. The maximum atomic E-state index is 13.4. The molecule has 214 valence electrons. The summed E-state index contributed by atoms with van der Waals surface area (Å²) in [5.41, 5.74) is 1.10. The minimum atomic E-state index is -3.75. The SMILES string of the molecule is CN(C)C(c1ccc(F)cc1)C1CCC(NC(=O)COCC2CCCN2S(=O)(=O)c2ccc(Cl)c(Cl)c2)CC1. The number of benzene rings is 2. The number of carbonyl (C=O) groups excluding carboxylic acids is 1. The number of nitrogens with one attached hydrogen (secondary N) is 1. The first-order valence-electron chi connectivity index (χ1n) is 13.3. The zero-order valence-electron chi connectivity index (χ0n) is 22.3. The van der Waals surface area contributed by atoms with Crippen molar-refractivity contribution in [2.24, 2.45) is 5.92 Å². The molecule has 1 saturated carbocycles. The van der Waals surface area contributed by atoms with E-state index in [1.807, 2.05) is 26.2 Å². The Morgan fingerprint density at radius 1 is 1.08 bits per heavy atom. The molecule has 1 N–H and O–H groups in total. The van der Waals surface area contributed by atoms with Gasteiger partial charge in [0, 0.05) is 24.7 Å². The number of halogens is 3. The number of hydrogen-bond acceptors (Lipinski definition) is 5. The third-order valence-corrected chi connectivity index (χ3v) is 10.4. The van der Waals surface area contributed by atoms with Gasteiger partial charge in [0.05, 0.1) is 21.5 Å². The lowest BCUT2D eigenvalue weighted by Crippen LogP contribution is -2.42. The molecule has 0 aromatic heterocycles. The molecule has 2 atom stereocenters. The molecule has 0 radical (unpaired) electrons. The summed E-state index contributed by atoms with van der Waals surface area (Å²) >= 11 is 12.0. The van der Waals surface area contributed by atoms with E-state index >= 15 is 0 Å². The summed E-state index contributed by atoms with van der Waals surface area (Å²) in [5, 5.41) is 3.55. The fraction of sp³-hybridized carbons (Fsp3) is 0.536. The van der Waals surface area contributed by atoms with Crippen molar-refractivity contribution < 1.29 is 22.3 Å². The van der Waals surface area contributed by atoms with Crippen LogP contribution in [0.3, 0.4) is 0 Å². The number of nitrogens with zero attached hydrogens (tertiary/aromatic N) is 2. The third kappa shape index (κ3) is 7.51. The number of ether oxygens (including phenoxy) is 1. The van der Waals surface area contributed by atoms with Crippen LogP contribution in [0.5, 0.6) is 0 Å². The van der Waals surface area contributed by atoms with Crippen molar-refractivity contribution in [3.05, 3.63) is 63.9 Å². The normalized spacial score (nSPS) is 23.2. The molecule has 1 aliphatic heterocycles. The molecule has 1 saturated heterocycles. The average molecular weight is 601 g/mol. The van der Waals surface area contributed by atoms with Gasteiger partial charge in [-0.25, -0.2) is 12.8 Å². The fourth-order valence-corrected chi connectivity index (χ4v) is 7.92. The zero-order valence-corrected chi connectivity index (χ0v) is 24.6. The van der Waals surface area contributed by atoms with Crippen LogP contribution in [0.25, 0.3) is 0 Å². The molecule has 0 spiro atoms. The van der Waals surface area contributed by atoms with Crippen molar-refractivity contribution in [3.8, 4) is 0 Å². The Bertz CT molecular complexity index is 1240. The molecule has 39 heavy (non-hydrogen) atoms. The second-order valence-electron chi connectivity index (χ2n) is 10.6. The molecule has 11 heteroatoms. The maximum absolute atomic E-state index is 13.4. The lowest BCUT2D eigenvalue weighted by Gasteiger charge is -2.37. The highest BCUT2D eigenvalue weighted by atomic mass is 35.5. The molecule has 1 heterocycles. The van der Waals surface area contributed by atoms with Crippen LogP contribution in [-0.2, 0) is 19.6 Å². The largest absolute Gasteiger partial charge is 0.370 e. The van der Waals surface area contributed by atoms with Gasteiger partial charge >= 0.3 is 0 Å². The zero-order chi connectivity index (χ0) is 28.2. The summed E-state index contributed by atoms with van der Waals surface area (Å²) in [4.78, 5) is 14.9. The molecule has 2 fully saturated rings. The standard InChI is InChI=1S/C28H36Cl2FN3O4S/c1-33(2)28(19-5-9-21(31)10-6-19)20-7-11-22(12-8-20)32-27(35)18-38-17-23-4-3-15-34(23)39(36,37)24-13-14-25(29)26(30)16-24/h5-6,9-10,13-14,16,20,22-23,28H,3-4,7-8,11-12,15,17-18H2,1-2H3,(H,32,35). The highest BCUT2D eigenvalue weighted by Gasteiger charge is 2.36. The predicted octanol–water partition coefficient (Wildman–Crippen LogP) is 5.28. The van der Waals surface area contributed by atoms with Gasteiger partial charge in [0.2, 0.25) is 15.9 Å². The van der Waals surface area contributed by atoms with Gasteiger partial charge in [-0.15, -0.1) is 0 Å². The average Bonchev–Trinajstić information content (AvgIpc) is 3.37. The first-order chi connectivity index (χ1) is 18.6. The quantitative estimate of drug-likeness (QED) is 0.402. The number of rotatable bonds is 10. The van der Waals surface area contributed by atoms with E-state index in [4.69, 9.17) is 27.9 Å². The van der Waals surface area contributed by atoms with Crippen LogP contribution >= 0.6 is 23.2 Å². The lowest BCUT2D eigenvalue weighted by molar-refractivity contribution is -0.127. The van der Waals surface area contributed by atoms with E-state index in [2.05, 4.69) is 10.2 Å². The van der Waals surface area contributed by atoms with Gasteiger partial charge in [-0.3, -0.25) is 4.79 Å². The molecule has 2 aliphatic rings. The van der Waals surface area contributed by atoms with Crippen molar-refractivity contribution in [2.75, 3.05) is 33.9 Å². The highest BCUT2D eigenvalue weighted by molar-refractivity contribution is 7.89. The summed E-state index contributed by atoms with van der Waals surface area (Å²) in [6, 6.07) is 10.9. The number of hydrogen-bond donors (Lipinski definition) is 1. The molecular formula is C28H36Cl2FN3O4S. The van der Waals surface area contributed by atoms with Crippen LogP contribution in [0.15, 0.2) is 47.4 Å². The second-order valence-corrected chi connectivity index (χ2v) is 13.3. The minimum Gasteiger partial charge on any atom is -0.370 e. The van der Waals surface area contributed by atoms with E-state index in [0.717, 1.165) is 37.7 Å². The Labute approximate surface area is 240 Å². The number of carbonyl (C=O) groups is 1. The van der Waals surface area contributed by atoms with E-state index in [9.17, 15) is 17.6 Å². The summed E-state index contributed by atoms with van der Waals surface area (Å²) in [5.74, 6) is -0.0163. The first kappa shape index (κ1) is 30.2. The van der Waals surface area contributed by atoms with Crippen molar-refractivity contribution in [2.45, 2.75) is 61.5 Å². The van der Waals surface area contributed by atoms with Crippen LogP contribution < -0.4 is 5.32 Å². The third-order valence-electron chi connectivity index (χ3n) is 7.72. The summed E-state index contributed by atoms with van der Waals surface area (Å²) < 4.78 is 46.8. The molecular weight excluding hydrogens is 564 g/mol. The molecule has 7 nitrogen and oxygen atoms in total. The van der Waals surface area contributed by atoms with Gasteiger partial charge in [0.1, 0.15) is 12.4 Å². The lowest BCUT2D eigenvalue weighted by atomic mass is 9.78. The molecule has 2 aromatic carbocycles. The predicted molar refractivity (Wildman–Crippen MR) is 151 cm³/mol. The Kier molecular flexibility index (Phi) is 10.3. The smallest absolute Gasteiger partial charge is 0.246 e. The van der Waals surface area contributed by atoms with E-state index in [-0.39, 0.29) is 53.0 Å². The van der Waals surface area contributed by atoms with Crippen molar-refractivity contribution >= 4 is 39.1 Å². The van der Waals surface area contributed by atoms with E-state index in [1.54, 1.807) is 0 Å². The van der Waals surface area contributed by atoms with Gasteiger partial charge in [-0.05, 0) is 94.4 Å². The van der Waals surface area contributed by atoms with Crippen molar-refractivity contribution in [3.63, 3.8) is 0 Å². The minimum absolute atomic E-state index is 0.0754. The van der Waals surface area contributed by atoms with Crippen molar-refractivity contribution in [1.82, 2.24) is 14.5 Å². The summed E-state index contributed by atoms with van der Waals surface area (Å²) in [6.07, 6.45) is 5.01. The Hall–Kier alpha value is -1.75. The van der Waals surface area contributed by atoms with Gasteiger partial charge in [-0.2, -0.15) is 4.31 Å². The van der Waals surface area contributed by atoms with E-state index in [1.165, 1.54) is 34.6 Å². The Morgan fingerprint density at radius 2 is 1.77 bits per heavy atom. The van der Waals surface area contributed by atoms with Gasteiger partial charge in [0.15, 0.2) is 0 Å². The van der Waals surface area contributed by atoms with E-state index < -0.39 is 10.0 Å². The number of amides is 1. The van der Waals surface area contributed by atoms with E-state index in [0.29, 0.717) is 23.9 Å². The molecule has 2 unspecified atom stereocenters. The first-order valence-corrected chi connectivity index (χ1v) is 15.5. The van der Waals surface area contributed by atoms with Crippen LogP contribution in [-0.4, -0.2) is 69.5 Å². The Balaban J connectivity index is 1.23. The van der Waals surface area contributed by atoms with Crippen LogP contribution in [0.2, 0.25) is 10.0 Å². The topological polar surface area (TPSA) is 79.0 Å². The summed E-state index contributed by atoms with van der Waals surface area (Å²) in [6.45, 7) is 0.411.